The summed E-state index contributed by atoms with van der Waals surface area (Å²) in [5.41, 5.74) is 1.41. The fraction of sp³-hybridized carbons (Fsp3) is 0. The monoisotopic (exact) mass is 329 g/mol. The van der Waals surface area contributed by atoms with E-state index >= 15 is 0 Å². The maximum Gasteiger partial charge on any atom is 0.253 e. The zero-order chi connectivity index (χ0) is 14.7. The van der Waals surface area contributed by atoms with Crippen LogP contribution < -0.4 is 4.72 Å². The number of thiol groups is 1. The van der Waals surface area contributed by atoms with Crippen LogP contribution >= 0.6 is 23.2 Å². The number of hydrogen-bond donors (Lipinski definition) is 2. The van der Waals surface area contributed by atoms with Crippen molar-refractivity contribution in [1.29, 1.82) is 0 Å². The van der Waals surface area contributed by atoms with Crippen molar-refractivity contribution >= 4 is 45.0 Å². The molecule has 0 amide bonds. The molecular formula is C13H9Cl2NO3S. The van der Waals surface area contributed by atoms with Crippen LogP contribution in [0.25, 0.3) is 11.1 Å². The smallest absolute Gasteiger partial charge is 0.253 e. The Morgan fingerprint density at radius 1 is 1.10 bits per heavy atom. The molecule has 0 radical (unpaired) electrons. The number of hydrogen-bond acceptors (Lipinski definition) is 3. The first-order chi connectivity index (χ1) is 9.49. The van der Waals surface area contributed by atoms with Gasteiger partial charge in [-0.15, -0.1) is 0 Å². The van der Waals surface area contributed by atoms with Gasteiger partial charge in [0.05, 0.1) is 5.69 Å². The normalized spacial score (nSPS) is 10.6. The predicted molar refractivity (Wildman–Crippen MR) is 81.0 cm³/mol. The third-order valence-corrected chi connectivity index (χ3v) is 3.43. The van der Waals surface area contributed by atoms with E-state index in [0.717, 1.165) is 0 Å². The number of carbonyl (C=O) groups excluding carboxylic acids is 1. The van der Waals surface area contributed by atoms with E-state index < -0.39 is 16.1 Å². The molecule has 0 saturated heterocycles. The van der Waals surface area contributed by atoms with Crippen LogP contribution in [-0.4, -0.2) is 13.7 Å². The fourth-order valence-corrected chi connectivity index (χ4v) is 2.60. The van der Waals surface area contributed by atoms with Crippen molar-refractivity contribution in [3.8, 4) is 11.1 Å². The molecule has 0 atom stereocenters. The Morgan fingerprint density at radius 3 is 2.30 bits per heavy atom. The third-order valence-electron chi connectivity index (χ3n) is 2.59. The van der Waals surface area contributed by atoms with E-state index in [9.17, 15) is 13.2 Å². The second-order valence-electron chi connectivity index (χ2n) is 3.88. The minimum atomic E-state index is -2.89. The van der Waals surface area contributed by atoms with Gasteiger partial charge in [-0.3, -0.25) is 9.52 Å². The van der Waals surface area contributed by atoms with Gasteiger partial charge < -0.3 is 0 Å². The van der Waals surface area contributed by atoms with Crippen molar-refractivity contribution in [3.05, 3.63) is 53.1 Å². The largest absolute Gasteiger partial charge is 0.285 e. The molecule has 0 bridgehead atoms. The van der Waals surface area contributed by atoms with Crippen LogP contribution in [0.15, 0.2) is 42.5 Å². The standard InChI is InChI=1S/C13H9Cl2NO3S/c14-9-6-10(13(15)17)12(8-4-2-1-3-5-8)11(7-9)16-20(18)19/h1-7,20H,(H,16,18,19). The van der Waals surface area contributed by atoms with Crippen molar-refractivity contribution in [2.24, 2.45) is 0 Å². The highest BCUT2D eigenvalue weighted by molar-refractivity contribution is 7.73. The number of benzene rings is 2. The van der Waals surface area contributed by atoms with Crippen LogP contribution in [-0.2, 0) is 10.9 Å². The molecule has 0 aliphatic heterocycles. The molecule has 4 nitrogen and oxygen atoms in total. The van der Waals surface area contributed by atoms with E-state index in [0.29, 0.717) is 11.1 Å². The number of anilines is 1. The molecule has 0 spiro atoms. The lowest BCUT2D eigenvalue weighted by Gasteiger charge is -2.13. The van der Waals surface area contributed by atoms with Gasteiger partial charge in [-0.05, 0) is 29.3 Å². The van der Waals surface area contributed by atoms with Crippen molar-refractivity contribution in [3.63, 3.8) is 0 Å². The van der Waals surface area contributed by atoms with Gasteiger partial charge in [-0.25, -0.2) is 8.42 Å². The third kappa shape index (κ3) is 3.30. The van der Waals surface area contributed by atoms with Crippen LogP contribution in [0.5, 0.6) is 0 Å². The van der Waals surface area contributed by atoms with Crippen molar-refractivity contribution in [1.82, 2.24) is 0 Å². The topological polar surface area (TPSA) is 63.2 Å². The maximum absolute atomic E-state index is 11.6. The van der Waals surface area contributed by atoms with Gasteiger partial charge >= 0.3 is 0 Å². The van der Waals surface area contributed by atoms with Gasteiger partial charge in [0.1, 0.15) is 0 Å². The molecule has 0 saturated carbocycles. The first-order valence-electron chi connectivity index (χ1n) is 5.49. The first kappa shape index (κ1) is 14.8. The van der Waals surface area contributed by atoms with E-state index in [4.69, 9.17) is 23.2 Å². The van der Waals surface area contributed by atoms with E-state index in [1.54, 1.807) is 24.3 Å². The molecule has 0 heterocycles. The summed E-state index contributed by atoms with van der Waals surface area (Å²) in [5, 5.41) is -0.497. The SMILES string of the molecule is O=C(Cl)c1cc(Cl)cc(N[SH](=O)=O)c1-c1ccccc1. The average Bonchev–Trinajstić information content (AvgIpc) is 2.38. The Balaban J connectivity index is 2.76. The van der Waals surface area contributed by atoms with E-state index in [-0.39, 0.29) is 16.3 Å². The molecule has 2 aromatic rings. The summed E-state index contributed by atoms with van der Waals surface area (Å²) in [6, 6.07) is 11.7. The Labute approximate surface area is 127 Å². The van der Waals surface area contributed by atoms with Crippen LogP contribution in [0.2, 0.25) is 5.02 Å². The Kier molecular flexibility index (Phi) is 4.65. The molecule has 104 valence electrons. The summed E-state index contributed by atoms with van der Waals surface area (Å²) in [7, 11) is -2.89. The summed E-state index contributed by atoms with van der Waals surface area (Å²) in [6.45, 7) is 0. The molecule has 0 aliphatic rings. The highest BCUT2D eigenvalue weighted by Crippen LogP contribution is 2.35. The summed E-state index contributed by atoms with van der Waals surface area (Å²) in [6.07, 6.45) is 0. The zero-order valence-electron chi connectivity index (χ0n) is 9.97. The molecule has 0 aliphatic carbocycles. The molecule has 0 fully saturated rings. The lowest BCUT2D eigenvalue weighted by atomic mass is 9.98. The van der Waals surface area contributed by atoms with E-state index in [2.05, 4.69) is 4.72 Å². The van der Waals surface area contributed by atoms with Crippen LogP contribution in [0.3, 0.4) is 0 Å². The van der Waals surface area contributed by atoms with Gasteiger partial charge in [0.2, 0.25) is 10.9 Å². The molecule has 1 N–H and O–H groups in total. The van der Waals surface area contributed by atoms with Crippen molar-refractivity contribution in [2.45, 2.75) is 0 Å². The molecule has 0 unspecified atom stereocenters. The van der Waals surface area contributed by atoms with Crippen molar-refractivity contribution in [2.75, 3.05) is 4.72 Å². The molecule has 7 heteroatoms. The molecule has 2 rings (SSSR count). The lowest BCUT2D eigenvalue weighted by molar-refractivity contribution is 0.108. The predicted octanol–water partition coefficient (Wildman–Crippen LogP) is 3.32. The van der Waals surface area contributed by atoms with E-state index in [1.807, 2.05) is 6.07 Å². The van der Waals surface area contributed by atoms with Gasteiger partial charge in [0.15, 0.2) is 0 Å². The van der Waals surface area contributed by atoms with E-state index in [1.165, 1.54) is 12.1 Å². The number of carbonyl (C=O) groups is 1. The maximum atomic E-state index is 11.6. The number of rotatable bonds is 4. The molecule has 2 aromatic carbocycles. The summed E-state index contributed by atoms with van der Waals surface area (Å²) < 4.78 is 24.1. The fourth-order valence-electron chi connectivity index (χ4n) is 1.86. The van der Waals surface area contributed by atoms with Gasteiger partial charge in [-0.2, -0.15) is 0 Å². The Morgan fingerprint density at radius 2 is 1.75 bits per heavy atom. The summed E-state index contributed by atoms with van der Waals surface area (Å²) >= 11 is 11.5. The summed E-state index contributed by atoms with van der Waals surface area (Å²) in [5.74, 6) is 0. The minimum absolute atomic E-state index is 0.143. The highest BCUT2D eigenvalue weighted by atomic mass is 35.5. The van der Waals surface area contributed by atoms with Gasteiger partial charge in [0.25, 0.3) is 5.24 Å². The van der Waals surface area contributed by atoms with Crippen molar-refractivity contribution < 1.29 is 13.2 Å². The summed E-state index contributed by atoms with van der Waals surface area (Å²) in [4.78, 5) is 11.6. The van der Waals surface area contributed by atoms with Crippen LogP contribution in [0.1, 0.15) is 10.4 Å². The zero-order valence-corrected chi connectivity index (χ0v) is 12.4. The minimum Gasteiger partial charge on any atom is -0.285 e. The Bertz CT molecular complexity index is 722. The van der Waals surface area contributed by atoms with Crippen LogP contribution in [0.4, 0.5) is 5.69 Å². The average molecular weight is 330 g/mol. The second-order valence-corrected chi connectivity index (χ2v) is 5.40. The Hall–Kier alpha value is -1.56. The quantitative estimate of drug-likeness (QED) is 0.668. The number of nitrogens with one attached hydrogen (secondary N) is 1. The molecule has 20 heavy (non-hydrogen) atoms. The number of halogens is 2. The molecular weight excluding hydrogens is 321 g/mol. The molecule has 0 aromatic heterocycles. The second kappa shape index (κ2) is 6.26. The highest BCUT2D eigenvalue weighted by Gasteiger charge is 2.17. The first-order valence-corrected chi connectivity index (χ1v) is 7.42. The van der Waals surface area contributed by atoms with Gasteiger partial charge in [-0.1, -0.05) is 41.9 Å². The van der Waals surface area contributed by atoms with Gasteiger partial charge in [0, 0.05) is 16.1 Å². The van der Waals surface area contributed by atoms with Crippen LogP contribution in [0, 0.1) is 0 Å². The lowest BCUT2D eigenvalue weighted by Crippen LogP contribution is -2.02.